The van der Waals surface area contributed by atoms with Crippen molar-refractivity contribution in [1.82, 2.24) is 0 Å². The van der Waals surface area contributed by atoms with Crippen molar-refractivity contribution < 1.29 is 14.2 Å². The minimum absolute atomic E-state index is 0.222. The number of fused-ring (bicyclic) bond motifs is 1. The second kappa shape index (κ2) is 5.66. The molecule has 1 aliphatic heterocycles. The van der Waals surface area contributed by atoms with Crippen LogP contribution >= 0.6 is 0 Å². The number of methoxy groups -OCH3 is 2. The van der Waals surface area contributed by atoms with Gasteiger partial charge in [0, 0.05) is 12.5 Å². The lowest BCUT2D eigenvalue weighted by Crippen LogP contribution is -2.12. The van der Waals surface area contributed by atoms with Crippen molar-refractivity contribution >= 4 is 0 Å². The van der Waals surface area contributed by atoms with Gasteiger partial charge in [0.15, 0.2) is 0 Å². The van der Waals surface area contributed by atoms with Crippen LogP contribution in [-0.4, -0.2) is 20.8 Å². The van der Waals surface area contributed by atoms with Gasteiger partial charge in [0.25, 0.3) is 0 Å². The number of rotatable bonds is 4. The van der Waals surface area contributed by atoms with Crippen molar-refractivity contribution in [1.29, 1.82) is 0 Å². The van der Waals surface area contributed by atoms with Gasteiger partial charge in [-0.3, -0.25) is 0 Å². The van der Waals surface area contributed by atoms with E-state index < -0.39 is 0 Å². The highest BCUT2D eigenvalue weighted by molar-refractivity contribution is 5.46. The van der Waals surface area contributed by atoms with Gasteiger partial charge in [-0.25, -0.2) is 0 Å². The summed E-state index contributed by atoms with van der Waals surface area (Å²) in [6, 6.07) is 11.6. The standard InChI is InChI=1S/C17H19NO3/c1-19-14-8-13(9-15(10-14)20-2)17(18)12-3-4-16-11(7-12)5-6-21-16/h3-4,7-10,17H,5-6,18H2,1-2H3. The molecule has 0 saturated carbocycles. The van der Waals surface area contributed by atoms with Gasteiger partial charge in [0.05, 0.1) is 26.9 Å². The van der Waals surface area contributed by atoms with Crippen LogP contribution in [0.4, 0.5) is 0 Å². The summed E-state index contributed by atoms with van der Waals surface area (Å²) in [5.41, 5.74) is 9.65. The van der Waals surface area contributed by atoms with Gasteiger partial charge in [0.1, 0.15) is 17.2 Å². The first-order chi connectivity index (χ1) is 10.2. The molecular weight excluding hydrogens is 266 g/mol. The molecule has 0 aliphatic carbocycles. The van der Waals surface area contributed by atoms with Crippen LogP contribution in [0.3, 0.4) is 0 Å². The fraction of sp³-hybridized carbons (Fsp3) is 0.294. The number of hydrogen-bond donors (Lipinski definition) is 1. The van der Waals surface area contributed by atoms with Crippen molar-refractivity contribution in [3.05, 3.63) is 53.1 Å². The third kappa shape index (κ3) is 2.67. The van der Waals surface area contributed by atoms with Crippen molar-refractivity contribution in [3.63, 3.8) is 0 Å². The topological polar surface area (TPSA) is 53.7 Å². The lowest BCUT2D eigenvalue weighted by atomic mass is 9.97. The molecule has 2 aromatic rings. The second-order valence-electron chi connectivity index (χ2n) is 5.09. The van der Waals surface area contributed by atoms with Crippen LogP contribution in [0.25, 0.3) is 0 Å². The maximum atomic E-state index is 6.41. The normalized spacial score (nSPS) is 14.2. The zero-order chi connectivity index (χ0) is 14.8. The summed E-state index contributed by atoms with van der Waals surface area (Å²) in [6.45, 7) is 0.751. The van der Waals surface area contributed by atoms with Crippen molar-refractivity contribution in [3.8, 4) is 17.2 Å². The van der Waals surface area contributed by atoms with Gasteiger partial charge in [-0.1, -0.05) is 12.1 Å². The van der Waals surface area contributed by atoms with Gasteiger partial charge < -0.3 is 19.9 Å². The molecule has 0 radical (unpaired) electrons. The minimum atomic E-state index is -0.222. The molecule has 0 amide bonds. The molecule has 4 heteroatoms. The zero-order valence-electron chi connectivity index (χ0n) is 12.3. The molecule has 1 unspecified atom stereocenters. The highest BCUT2D eigenvalue weighted by Gasteiger charge is 2.17. The van der Waals surface area contributed by atoms with Crippen molar-refractivity contribution in [2.24, 2.45) is 5.73 Å². The molecule has 2 aromatic carbocycles. The molecule has 21 heavy (non-hydrogen) atoms. The molecule has 110 valence electrons. The summed E-state index contributed by atoms with van der Waals surface area (Å²) >= 11 is 0. The van der Waals surface area contributed by atoms with Gasteiger partial charge >= 0.3 is 0 Å². The van der Waals surface area contributed by atoms with E-state index in [1.54, 1.807) is 14.2 Å². The summed E-state index contributed by atoms with van der Waals surface area (Å²) in [5, 5.41) is 0. The predicted molar refractivity (Wildman–Crippen MR) is 81.2 cm³/mol. The second-order valence-corrected chi connectivity index (χ2v) is 5.09. The van der Waals surface area contributed by atoms with Gasteiger partial charge in [0.2, 0.25) is 0 Å². The maximum absolute atomic E-state index is 6.41. The molecular formula is C17H19NO3. The summed E-state index contributed by atoms with van der Waals surface area (Å²) < 4.78 is 16.1. The first kappa shape index (κ1) is 13.8. The van der Waals surface area contributed by atoms with Crippen molar-refractivity contribution in [2.75, 3.05) is 20.8 Å². The fourth-order valence-electron chi connectivity index (χ4n) is 2.60. The molecule has 4 nitrogen and oxygen atoms in total. The predicted octanol–water partition coefficient (Wildman–Crippen LogP) is 2.69. The molecule has 0 bridgehead atoms. The van der Waals surface area contributed by atoms with Crippen LogP contribution in [0.15, 0.2) is 36.4 Å². The van der Waals surface area contributed by atoms with E-state index in [0.29, 0.717) is 0 Å². The quantitative estimate of drug-likeness (QED) is 0.938. The first-order valence-corrected chi connectivity index (χ1v) is 6.95. The Hall–Kier alpha value is -2.20. The molecule has 1 aliphatic rings. The van der Waals surface area contributed by atoms with E-state index in [2.05, 4.69) is 6.07 Å². The largest absolute Gasteiger partial charge is 0.497 e. The Balaban J connectivity index is 1.96. The minimum Gasteiger partial charge on any atom is -0.497 e. The Kier molecular flexibility index (Phi) is 3.71. The Morgan fingerprint density at radius 1 is 1.00 bits per heavy atom. The molecule has 2 N–H and O–H groups in total. The summed E-state index contributed by atoms with van der Waals surface area (Å²) in [4.78, 5) is 0. The number of benzene rings is 2. The van der Waals surface area contributed by atoms with Crippen LogP contribution in [0.5, 0.6) is 17.2 Å². The number of nitrogens with two attached hydrogens (primary N) is 1. The van der Waals surface area contributed by atoms with E-state index in [1.165, 1.54) is 5.56 Å². The summed E-state index contributed by atoms with van der Waals surface area (Å²) in [6.07, 6.45) is 0.942. The summed E-state index contributed by atoms with van der Waals surface area (Å²) in [5.74, 6) is 2.45. The highest BCUT2D eigenvalue weighted by Crippen LogP contribution is 2.32. The molecule has 0 aromatic heterocycles. The lowest BCUT2D eigenvalue weighted by molar-refractivity contribution is 0.357. The average molecular weight is 285 g/mol. The van der Waals surface area contributed by atoms with Crippen LogP contribution in [0.1, 0.15) is 22.7 Å². The SMILES string of the molecule is COc1cc(OC)cc(C(N)c2ccc3c(c2)CCO3)c1. The Bertz CT molecular complexity index is 632. The first-order valence-electron chi connectivity index (χ1n) is 6.95. The van der Waals surface area contributed by atoms with Crippen molar-refractivity contribution in [2.45, 2.75) is 12.5 Å². The third-order valence-electron chi connectivity index (χ3n) is 3.81. The number of hydrogen-bond acceptors (Lipinski definition) is 4. The van der Waals surface area contributed by atoms with E-state index in [9.17, 15) is 0 Å². The average Bonchev–Trinajstić information content (AvgIpc) is 3.01. The smallest absolute Gasteiger partial charge is 0.122 e. The molecule has 1 heterocycles. The van der Waals surface area contributed by atoms with E-state index in [1.807, 2.05) is 30.3 Å². The highest BCUT2D eigenvalue weighted by atomic mass is 16.5. The zero-order valence-corrected chi connectivity index (χ0v) is 12.3. The Morgan fingerprint density at radius 2 is 1.71 bits per heavy atom. The van der Waals surface area contributed by atoms with E-state index in [-0.39, 0.29) is 6.04 Å². The maximum Gasteiger partial charge on any atom is 0.122 e. The third-order valence-corrected chi connectivity index (χ3v) is 3.81. The molecule has 3 rings (SSSR count). The molecule has 1 atom stereocenters. The van der Waals surface area contributed by atoms with Gasteiger partial charge in [-0.2, -0.15) is 0 Å². The molecule has 0 spiro atoms. The van der Waals surface area contributed by atoms with E-state index >= 15 is 0 Å². The van der Waals surface area contributed by atoms with Gasteiger partial charge in [-0.05, 0) is 34.9 Å². The monoisotopic (exact) mass is 285 g/mol. The Labute approximate surface area is 124 Å². The molecule has 0 saturated heterocycles. The van der Waals surface area contributed by atoms with Crippen LogP contribution < -0.4 is 19.9 Å². The van der Waals surface area contributed by atoms with Crippen LogP contribution in [0.2, 0.25) is 0 Å². The van der Waals surface area contributed by atoms with E-state index in [4.69, 9.17) is 19.9 Å². The van der Waals surface area contributed by atoms with E-state index in [0.717, 1.165) is 41.4 Å². The van der Waals surface area contributed by atoms with Crippen LogP contribution in [0, 0.1) is 0 Å². The summed E-state index contributed by atoms with van der Waals surface area (Å²) in [7, 11) is 3.27. The fourth-order valence-corrected chi connectivity index (χ4v) is 2.60. The van der Waals surface area contributed by atoms with Crippen LogP contribution in [-0.2, 0) is 6.42 Å². The lowest BCUT2D eigenvalue weighted by Gasteiger charge is -2.16. The number of ether oxygens (including phenoxy) is 3. The molecule has 0 fully saturated rings. The Morgan fingerprint density at radius 3 is 2.38 bits per heavy atom. The van der Waals surface area contributed by atoms with Gasteiger partial charge in [-0.15, -0.1) is 0 Å².